The fourth-order valence-electron chi connectivity index (χ4n) is 2.39. The SMILES string of the molecule is Cc1nc(Cl)cc2c3cc(F)ccc3n(C)c12. The van der Waals surface area contributed by atoms with Crippen molar-refractivity contribution in [1.29, 1.82) is 0 Å². The van der Waals surface area contributed by atoms with Crippen LogP contribution in [0.25, 0.3) is 21.8 Å². The van der Waals surface area contributed by atoms with Crippen molar-refractivity contribution in [2.45, 2.75) is 6.92 Å². The summed E-state index contributed by atoms with van der Waals surface area (Å²) in [7, 11) is 1.95. The van der Waals surface area contributed by atoms with E-state index in [1.54, 1.807) is 12.1 Å². The van der Waals surface area contributed by atoms with E-state index in [1.807, 2.05) is 18.5 Å². The molecule has 4 heteroatoms. The predicted octanol–water partition coefficient (Wildman–Crippen LogP) is 3.83. The Morgan fingerprint density at radius 1 is 1.24 bits per heavy atom. The summed E-state index contributed by atoms with van der Waals surface area (Å²) in [6, 6.07) is 6.56. The molecule has 2 aromatic heterocycles. The minimum Gasteiger partial charge on any atom is -0.342 e. The molecule has 1 aromatic carbocycles. The van der Waals surface area contributed by atoms with Crippen LogP contribution >= 0.6 is 11.6 Å². The molecular weight excluding hydrogens is 239 g/mol. The van der Waals surface area contributed by atoms with Crippen LogP contribution in [0.15, 0.2) is 24.3 Å². The van der Waals surface area contributed by atoms with Gasteiger partial charge in [-0.3, -0.25) is 0 Å². The first-order valence-corrected chi connectivity index (χ1v) is 5.66. The maximum absolute atomic E-state index is 13.3. The third kappa shape index (κ3) is 1.42. The zero-order valence-electron chi connectivity index (χ0n) is 9.46. The number of pyridine rings is 1. The maximum atomic E-state index is 13.3. The molecule has 0 spiro atoms. The number of aromatic nitrogens is 2. The zero-order chi connectivity index (χ0) is 12.2. The van der Waals surface area contributed by atoms with E-state index in [0.717, 1.165) is 27.5 Å². The number of fused-ring (bicyclic) bond motifs is 3. The highest BCUT2D eigenvalue weighted by Gasteiger charge is 2.12. The number of halogens is 2. The molecule has 17 heavy (non-hydrogen) atoms. The van der Waals surface area contributed by atoms with Gasteiger partial charge in [0.2, 0.25) is 0 Å². The van der Waals surface area contributed by atoms with E-state index in [9.17, 15) is 4.39 Å². The maximum Gasteiger partial charge on any atom is 0.130 e. The molecule has 0 fully saturated rings. The van der Waals surface area contributed by atoms with E-state index in [-0.39, 0.29) is 5.82 Å². The van der Waals surface area contributed by atoms with Crippen LogP contribution < -0.4 is 0 Å². The summed E-state index contributed by atoms with van der Waals surface area (Å²) in [5.74, 6) is -0.240. The zero-order valence-corrected chi connectivity index (χ0v) is 10.2. The summed E-state index contributed by atoms with van der Waals surface area (Å²) in [6.45, 7) is 1.91. The Bertz CT molecular complexity index is 746. The van der Waals surface area contributed by atoms with E-state index in [0.29, 0.717) is 5.15 Å². The van der Waals surface area contributed by atoms with Gasteiger partial charge in [-0.25, -0.2) is 9.37 Å². The van der Waals surface area contributed by atoms with Gasteiger partial charge in [-0.2, -0.15) is 0 Å². The van der Waals surface area contributed by atoms with Crippen molar-refractivity contribution in [3.63, 3.8) is 0 Å². The Morgan fingerprint density at radius 2 is 2.00 bits per heavy atom. The molecule has 3 rings (SSSR count). The number of rotatable bonds is 0. The van der Waals surface area contributed by atoms with Gasteiger partial charge in [-0.05, 0) is 31.2 Å². The van der Waals surface area contributed by atoms with Gasteiger partial charge in [-0.1, -0.05) is 11.6 Å². The first-order chi connectivity index (χ1) is 8.08. The predicted molar refractivity (Wildman–Crippen MR) is 67.9 cm³/mol. The lowest BCUT2D eigenvalue weighted by atomic mass is 10.1. The number of aryl methyl sites for hydroxylation is 2. The average Bonchev–Trinajstić information content (AvgIpc) is 2.52. The monoisotopic (exact) mass is 248 g/mol. The third-order valence-corrected chi connectivity index (χ3v) is 3.27. The molecule has 0 aliphatic carbocycles. The molecule has 0 unspecified atom stereocenters. The van der Waals surface area contributed by atoms with Crippen LogP contribution in [0, 0.1) is 12.7 Å². The summed E-state index contributed by atoms with van der Waals surface area (Å²) >= 11 is 5.96. The van der Waals surface area contributed by atoms with Crippen molar-refractivity contribution in [2.24, 2.45) is 7.05 Å². The number of nitrogens with zero attached hydrogens (tertiary/aromatic N) is 2. The molecule has 0 bridgehead atoms. The lowest BCUT2D eigenvalue weighted by molar-refractivity contribution is 0.629. The van der Waals surface area contributed by atoms with Crippen LogP contribution in [-0.2, 0) is 7.05 Å². The van der Waals surface area contributed by atoms with Gasteiger partial charge in [0.15, 0.2) is 0 Å². The van der Waals surface area contributed by atoms with E-state index >= 15 is 0 Å². The Balaban J connectivity index is 2.64. The molecule has 0 aliphatic rings. The molecule has 2 nitrogen and oxygen atoms in total. The summed E-state index contributed by atoms with van der Waals surface area (Å²) < 4.78 is 15.3. The normalized spacial score (nSPS) is 11.5. The van der Waals surface area contributed by atoms with Crippen LogP contribution in [-0.4, -0.2) is 9.55 Å². The van der Waals surface area contributed by atoms with Crippen LogP contribution in [0.5, 0.6) is 0 Å². The molecule has 0 aliphatic heterocycles. The number of hydrogen-bond acceptors (Lipinski definition) is 1. The Kier molecular flexibility index (Phi) is 2.13. The van der Waals surface area contributed by atoms with Crippen molar-refractivity contribution >= 4 is 33.4 Å². The largest absolute Gasteiger partial charge is 0.342 e. The molecule has 0 N–H and O–H groups in total. The summed E-state index contributed by atoms with van der Waals surface area (Å²) in [6.07, 6.45) is 0. The summed E-state index contributed by atoms with van der Waals surface area (Å²) in [5.41, 5.74) is 2.83. The van der Waals surface area contributed by atoms with E-state index in [4.69, 9.17) is 11.6 Å². The summed E-state index contributed by atoms with van der Waals surface area (Å²) in [5, 5.41) is 2.25. The van der Waals surface area contributed by atoms with E-state index < -0.39 is 0 Å². The minimum atomic E-state index is -0.240. The number of benzene rings is 1. The van der Waals surface area contributed by atoms with E-state index in [1.165, 1.54) is 12.1 Å². The average molecular weight is 249 g/mol. The minimum absolute atomic E-state index is 0.240. The van der Waals surface area contributed by atoms with Crippen LogP contribution in [0.1, 0.15) is 5.69 Å². The Hall–Kier alpha value is -1.61. The van der Waals surface area contributed by atoms with Crippen molar-refractivity contribution in [1.82, 2.24) is 9.55 Å². The van der Waals surface area contributed by atoms with Crippen molar-refractivity contribution in [2.75, 3.05) is 0 Å². The fraction of sp³-hybridized carbons (Fsp3) is 0.154. The van der Waals surface area contributed by atoms with Crippen LogP contribution in [0.3, 0.4) is 0 Å². The summed E-state index contributed by atoms with van der Waals surface area (Å²) in [4.78, 5) is 4.23. The smallest absolute Gasteiger partial charge is 0.130 e. The number of hydrogen-bond donors (Lipinski definition) is 0. The molecule has 0 saturated heterocycles. The van der Waals surface area contributed by atoms with Gasteiger partial charge in [0.05, 0.1) is 11.2 Å². The van der Waals surface area contributed by atoms with Crippen LogP contribution in [0.2, 0.25) is 5.15 Å². The fourth-order valence-corrected chi connectivity index (χ4v) is 2.63. The second-order valence-electron chi connectivity index (χ2n) is 4.15. The second-order valence-corrected chi connectivity index (χ2v) is 4.53. The first-order valence-electron chi connectivity index (χ1n) is 5.28. The van der Waals surface area contributed by atoms with Gasteiger partial charge >= 0.3 is 0 Å². The quantitative estimate of drug-likeness (QED) is 0.553. The Morgan fingerprint density at radius 3 is 2.76 bits per heavy atom. The van der Waals surface area contributed by atoms with Crippen LogP contribution in [0.4, 0.5) is 4.39 Å². The topological polar surface area (TPSA) is 17.8 Å². The van der Waals surface area contributed by atoms with Crippen molar-refractivity contribution < 1.29 is 4.39 Å². The first kappa shape index (κ1) is 10.5. The third-order valence-electron chi connectivity index (χ3n) is 3.08. The molecule has 0 amide bonds. The van der Waals surface area contributed by atoms with Gasteiger partial charge in [0.1, 0.15) is 11.0 Å². The van der Waals surface area contributed by atoms with E-state index in [2.05, 4.69) is 4.98 Å². The van der Waals surface area contributed by atoms with Crippen molar-refractivity contribution in [3.05, 3.63) is 40.9 Å². The Labute approximate surface area is 103 Å². The van der Waals surface area contributed by atoms with Gasteiger partial charge < -0.3 is 4.57 Å². The molecule has 0 saturated carbocycles. The highest BCUT2D eigenvalue weighted by Crippen LogP contribution is 2.31. The molecule has 3 aromatic rings. The van der Waals surface area contributed by atoms with Gasteiger partial charge in [0, 0.05) is 23.3 Å². The highest BCUT2D eigenvalue weighted by atomic mass is 35.5. The van der Waals surface area contributed by atoms with Gasteiger partial charge in [-0.15, -0.1) is 0 Å². The molecule has 0 atom stereocenters. The molecule has 2 heterocycles. The lowest BCUT2D eigenvalue weighted by Gasteiger charge is -2.01. The highest BCUT2D eigenvalue weighted by molar-refractivity contribution is 6.30. The van der Waals surface area contributed by atoms with Crippen molar-refractivity contribution in [3.8, 4) is 0 Å². The molecule has 0 radical (unpaired) electrons. The molecular formula is C13H10ClFN2. The standard InChI is InChI=1S/C13H10ClFN2/c1-7-13-10(6-12(14)16-7)9-5-8(15)3-4-11(9)17(13)2/h3-6H,1-2H3. The second kappa shape index (κ2) is 3.44. The van der Waals surface area contributed by atoms with Gasteiger partial charge in [0.25, 0.3) is 0 Å². The lowest BCUT2D eigenvalue weighted by Crippen LogP contribution is -1.91. The molecule has 86 valence electrons.